The van der Waals surface area contributed by atoms with Gasteiger partial charge in [0.15, 0.2) is 5.13 Å². The number of aromatic nitrogens is 1. The zero-order chi connectivity index (χ0) is 10.8. The minimum Gasteiger partial charge on any atom is -0.399 e. The summed E-state index contributed by atoms with van der Waals surface area (Å²) in [6.07, 6.45) is 1.89. The summed E-state index contributed by atoms with van der Waals surface area (Å²) in [5.41, 5.74) is 7.59. The molecule has 0 radical (unpaired) electrons. The lowest BCUT2D eigenvalue weighted by atomic mass is 10.2. The van der Waals surface area contributed by atoms with Gasteiger partial charge < -0.3 is 10.6 Å². The monoisotopic (exact) mass is 219 g/mol. The Morgan fingerprint density at radius 3 is 2.40 bits per heavy atom. The molecule has 2 N–H and O–H groups in total. The number of hydrogen-bond donors (Lipinski definition) is 1. The van der Waals surface area contributed by atoms with Crippen molar-refractivity contribution in [2.75, 3.05) is 24.7 Å². The van der Waals surface area contributed by atoms with Crippen LogP contribution in [0, 0.1) is 0 Å². The van der Waals surface area contributed by atoms with Crippen molar-refractivity contribution >= 4 is 22.2 Å². The first-order valence-electron chi connectivity index (χ1n) is 4.66. The van der Waals surface area contributed by atoms with Crippen LogP contribution in [0.4, 0.5) is 10.8 Å². The smallest absolute Gasteiger partial charge is 0.185 e. The van der Waals surface area contributed by atoms with E-state index in [1.165, 1.54) is 4.88 Å². The molecule has 78 valence electrons. The lowest BCUT2D eigenvalue weighted by molar-refractivity contribution is 1.11. The van der Waals surface area contributed by atoms with Crippen LogP contribution in [0.5, 0.6) is 0 Å². The Morgan fingerprint density at radius 2 is 1.87 bits per heavy atom. The molecule has 0 fully saturated rings. The molecule has 0 aliphatic rings. The molecule has 0 aliphatic heterocycles. The largest absolute Gasteiger partial charge is 0.399 e. The van der Waals surface area contributed by atoms with E-state index in [1.54, 1.807) is 11.3 Å². The molecular formula is C11H13N3S. The summed E-state index contributed by atoms with van der Waals surface area (Å²) in [6, 6.07) is 7.85. The van der Waals surface area contributed by atoms with Crippen molar-refractivity contribution in [1.29, 1.82) is 0 Å². The van der Waals surface area contributed by atoms with E-state index in [4.69, 9.17) is 5.73 Å². The molecule has 1 aromatic heterocycles. The minimum atomic E-state index is 0.788. The molecule has 0 aliphatic carbocycles. The van der Waals surface area contributed by atoms with E-state index in [9.17, 15) is 0 Å². The molecule has 0 spiro atoms. The van der Waals surface area contributed by atoms with Gasteiger partial charge in [0.05, 0.1) is 4.88 Å². The Labute approximate surface area is 93.2 Å². The lowest BCUT2D eigenvalue weighted by Gasteiger charge is -2.05. The lowest BCUT2D eigenvalue weighted by Crippen LogP contribution is -2.07. The Hall–Kier alpha value is -1.55. The molecule has 2 rings (SSSR count). The Kier molecular flexibility index (Phi) is 2.60. The average Bonchev–Trinajstić information content (AvgIpc) is 2.68. The third-order valence-corrected chi connectivity index (χ3v) is 3.29. The maximum Gasteiger partial charge on any atom is 0.185 e. The first kappa shape index (κ1) is 9.98. The number of hydrogen-bond acceptors (Lipinski definition) is 4. The topological polar surface area (TPSA) is 42.2 Å². The van der Waals surface area contributed by atoms with Crippen LogP contribution in [0.15, 0.2) is 30.5 Å². The number of nitrogens with zero attached hydrogens (tertiary/aromatic N) is 2. The molecule has 3 nitrogen and oxygen atoms in total. The molecule has 0 amide bonds. The molecule has 0 atom stereocenters. The highest BCUT2D eigenvalue weighted by Gasteiger charge is 2.05. The molecule has 4 heteroatoms. The molecule has 0 bridgehead atoms. The van der Waals surface area contributed by atoms with E-state index in [0.717, 1.165) is 16.4 Å². The van der Waals surface area contributed by atoms with Gasteiger partial charge in [-0.2, -0.15) is 0 Å². The molecule has 0 saturated heterocycles. The molecular weight excluding hydrogens is 206 g/mol. The molecule has 2 aromatic rings. The second kappa shape index (κ2) is 3.90. The summed E-state index contributed by atoms with van der Waals surface area (Å²) in [5, 5.41) is 1.02. The second-order valence-electron chi connectivity index (χ2n) is 3.52. The Balaban J connectivity index is 2.33. The number of rotatable bonds is 2. The zero-order valence-corrected chi connectivity index (χ0v) is 9.58. The van der Waals surface area contributed by atoms with Crippen LogP contribution in [-0.4, -0.2) is 19.1 Å². The summed E-state index contributed by atoms with van der Waals surface area (Å²) in [4.78, 5) is 7.50. The van der Waals surface area contributed by atoms with Crippen LogP contribution in [0.25, 0.3) is 10.4 Å². The van der Waals surface area contributed by atoms with Gasteiger partial charge in [0.25, 0.3) is 0 Å². The first-order valence-corrected chi connectivity index (χ1v) is 5.47. The second-order valence-corrected chi connectivity index (χ2v) is 4.53. The standard InChI is InChI=1S/C11H13N3S/c1-14(2)11-13-7-10(15-11)8-3-5-9(12)6-4-8/h3-7H,12H2,1-2H3. The van der Waals surface area contributed by atoms with Gasteiger partial charge in [-0.25, -0.2) is 4.98 Å². The van der Waals surface area contributed by atoms with Crippen molar-refractivity contribution in [2.45, 2.75) is 0 Å². The van der Waals surface area contributed by atoms with Gasteiger partial charge in [-0.05, 0) is 17.7 Å². The molecule has 15 heavy (non-hydrogen) atoms. The van der Waals surface area contributed by atoms with Gasteiger partial charge in [0.2, 0.25) is 0 Å². The van der Waals surface area contributed by atoms with Gasteiger partial charge in [0, 0.05) is 26.0 Å². The van der Waals surface area contributed by atoms with Gasteiger partial charge >= 0.3 is 0 Å². The maximum atomic E-state index is 5.64. The van der Waals surface area contributed by atoms with Gasteiger partial charge in [-0.1, -0.05) is 23.5 Å². The Bertz CT molecular complexity index is 445. The van der Waals surface area contributed by atoms with Gasteiger partial charge in [-0.15, -0.1) is 0 Å². The summed E-state index contributed by atoms with van der Waals surface area (Å²) >= 11 is 1.67. The van der Waals surface area contributed by atoms with Gasteiger partial charge in [0.1, 0.15) is 0 Å². The zero-order valence-electron chi connectivity index (χ0n) is 8.77. The molecule has 1 aromatic carbocycles. The highest BCUT2D eigenvalue weighted by molar-refractivity contribution is 7.18. The maximum absolute atomic E-state index is 5.64. The molecule has 0 saturated carbocycles. The van der Waals surface area contributed by atoms with Crippen molar-refractivity contribution in [2.24, 2.45) is 0 Å². The summed E-state index contributed by atoms with van der Waals surface area (Å²) in [7, 11) is 3.98. The molecule has 1 heterocycles. The van der Waals surface area contributed by atoms with E-state index >= 15 is 0 Å². The summed E-state index contributed by atoms with van der Waals surface area (Å²) < 4.78 is 0. The van der Waals surface area contributed by atoms with Crippen LogP contribution >= 0.6 is 11.3 Å². The van der Waals surface area contributed by atoms with Crippen molar-refractivity contribution in [1.82, 2.24) is 4.98 Å². The third kappa shape index (κ3) is 2.10. The third-order valence-electron chi connectivity index (χ3n) is 2.07. The fraction of sp³-hybridized carbons (Fsp3) is 0.182. The SMILES string of the molecule is CN(C)c1ncc(-c2ccc(N)cc2)s1. The van der Waals surface area contributed by atoms with E-state index in [0.29, 0.717) is 0 Å². The van der Waals surface area contributed by atoms with Crippen LogP contribution in [0.2, 0.25) is 0 Å². The quantitative estimate of drug-likeness (QED) is 0.789. The highest BCUT2D eigenvalue weighted by atomic mass is 32.1. The number of benzene rings is 1. The molecule has 0 unspecified atom stereocenters. The predicted molar refractivity (Wildman–Crippen MR) is 66.3 cm³/mol. The van der Waals surface area contributed by atoms with Crippen molar-refractivity contribution in [3.63, 3.8) is 0 Å². The van der Waals surface area contributed by atoms with Crippen LogP contribution in [0.1, 0.15) is 0 Å². The van der Waals surface area contributed by atoms with Gasteiger partial charge in [-0.3, -0.25) is 0 Å². The highest BCUT2D eigenvalue weighted by Crippen LogP contribution is 2.30. The first-order chi connectivity index (χ1) is 7.16. The fourth-order valence-corrected chi connectivity index (χ4v) is 2.10. The van der Waals surface area contributed by atoms with Crippen LogP contribution < -0.4 is 10.6 Å². The average molecular weight is 219 g/mol. The number of nitrogens with two attached hydrogens (primary N) is 1. The fourth-order valence-electron chi connectivity index (χ4n) is 1.25. The van der Waals surface area contributed by atoms with Crippen molar-refractivity contribution in [3.8, 4) is 10.4 Å². The van der Waals surface area contributed by atoms with E-state index in [-0.39, 0.29) is 0 Å². The van der Waals surface area contributed by atoms with E-state index in [2.05, 4.69) is 4.98 Å². The number of nitrogen functional groups attached to an aromatic ring is 1. The van der Waals surface area contributed by atoms with E-state index in [1.807, 2.05) is 49.5 Å². The number of thiazole rings is 1. The Morgan fingerprint density at radius 1 is 1.20 bits per heavy atom. The van der Waals surface area contributed by atoms with Crippen molar-refractivity contribution < 1.29 is 0 Å². The number of anilines is 2. The van der Waals surface area contributed by atoms with Crippen LogP contribution in [-0.2, 0) is 0 Å². The van der Waals surface area contributed by atoms with E-state index < -0.39 is 0 Å². The minimum absolute atomic E-state index is 0.788. The van der Waals surface area contributed by atoms with Crippen molar-refractivity contribution in [3.05, 3.63) is 30.5 Å². The predicted octanol–water partition coefficient (Wildman–Crippen LogP) is 2.46. The normalized spacial score (nSPS) is 10.3. The summed E-state index contributed by atoms with van der Waals surface area (Å²) in [5.74, 6) is 0. The van der Waals surface area contributed by atoms with Crippen LogP contribution in [0.3, 0.4) is 0 Å². The summed E-state index contributed by atoms with van der Waals surface area (Å²) in [6.45, 7) is 0.